The van der Waals surface area contributed by atoms with E-state index in [1.54, 1.807) is 10.8 Å². The summed E-state index contributed by atoms with van der Waals surface area (Å²) in [5.74, 6) is 0. The van der Waals surface area contributed by atoms with E-state index >= 15 is 0 Å². The molecular weight excluding hydrogens is 234 g/mol. The Hall–Kier alpha value is -1.12. The molecule has 0 bridgehead atoms. The summed E-state index contributed by atoms with van der Waals surface area (Å²) in [7, 11) is 1.13. The first-order valence-corrected chi connectivity index (χ1v) is 7.58. The molecule has 0 aromatic heterocycles. The molecule has 2 N–H and O–H groups in total. The highest BCUT2D eigenvalue weighted by molar-refractivity contribution is 6.27. The molecule has 0 radical (unpaired) electrons. The minimum absolute atomic E-state index is 0.172. The summed E-state index contributed by atoms with van der Waals surface area (Å²) in [4.78, 5) is 0. The van der Waals surface area contributed by atoms with Crippen molar-refractivity contribution < 1.29 is 0 Å². The van der Waals surface area contributed by atoms with Crippen molar-refractivity contribution in [1.82, 2.24) is 0 Å². The Balaban J connectivity index is 2.51. The second-order valence-corrected chi connectivity index (χ2v) is 6.78. The predicted octanol–water partition coefficient (Wildman–Crippen LogP) is 2.60. The first kappa shape index (κ1) is 13.3. The summed E-state index contributed by atoms with van der Waals surface area (Å²) >= 11 is 0. The largest absolute Gasteiger partial charge is 0.326 e. The minimum atomic E-state index is 0.172. The van der Waals surface area contributed by atoms with Gasteiger partial charge in [-0.3, -0.25) is 0 Å². The number of hydrogen-bond donors (Lipinski definition) is 1. The summed E-state index contributed by atoms with van der Waals surface area (Å²) in [5.41, 5.74) is 12.9. The molecular formula is C16H23NSi. The van der Waals surface area contributed by atoms with Crippen molar-refractivity contribution in [3.63, 3.8) is 0 Å². The van der Waals surface area contributed by atoms with Gasteiger partial charge in [0.05, 0.1) is 0 Å². The first-order valence-electron chi connectivity index (χ1n) is 6.58. The van der Waals surface area contributed by atoms with E-state index in [0.717, 1.165) is 10.2 Å². The van der Waals surface area contributed by atoms with Crippen LogP contribution in [0.25, 0.3) is 5.57 Å². The average Bonchev–Trinajstić information content (AvgIpc) is 2.51. The van der Waals surface area contributed by atoms with Gasteiger partial charge >= 0.3 is 0 Å². The van der Waals surface area contributed by atoms with Crippen LogP contribution >= 0.6 is 0 Å². The Bertz CT molecular complexity index is 533. The van der Waals surface area contributed by atoms with Crippen LogP contribution < -0.4 is 5.73 Å². The molecule has 1 aliphatic rings. The molecule has 2 heteroatoms. The van der Waals surface area contributed by atoms with Crippen LogP contribution in [0, 0.1) is 5.41 Å². The van der Waals surface area contributed by atoms with E-state index in [9.17, 15) is 0 Å². The zero-order valence-electron chi connectivity index (χ0n) is 12.1. The number of nitrogens with two attached hydrogens (primary N) is 1. The molecule has 0 atom stereocenters. The third-order valence-corrected chi connectivity index (χ3v) is 6.04. The van der Waals surface area contributed by atoms with Gasteiger partial charge in [0, 0.05) is 22.2 Å². The lowest BCUT2D eigenvalue weighted by molar-refractivity contribution is 0.611. The molecule has 0 saturated heterocycles. The molecule has 1 aliphatic carbocycles. The molecule has 0 spiro atoms. The second kappa shape index (κ2) is 4.52. The number of rotatable bonds is 2. The summed E-state index contributed by atoms with van der Waals surface area (Å²) in [6.07, 6.45) is 0. The fraction of sp³-hybridized carbons (Fsp3) is 0.375. The van der Waals surface area contributed by atoms with Gasteiger partial charge in [-0.15, -0.1) is 0 Å². The highest BCUT2D eigenvalue weighted by Gasteiger charge is 2.34. The van der Waals surface area contributed by atoms with Gasteiger partial charge in [-0.2, -0.15) is 0 Å². The average molecular weight is 257 g/mol. The van der Waals surface area contributed by atoms with Crippen molar-refractivity contribution in [2.24, 2.45) is 11.1 Å². The summed E-state index contributed by atoms with van der Waals surface area (Å²) in [6, 6.07) is 8.73. The van der Waals surface area contributed by atoms with Crippen LogP contribution in [0.3, 0.4) is 0 Å². The van der Waals surface area contributed by atoms with Gasteiger partial charge in [-0.25, -0.2) is 0 Å². The summed E-state index contributed by atoms with van der Waals surface area (Å²) < 4.78 is 0. The lowest BCUT2D eigenvalue weighted by Crippen LogP contribution is -2.13. The van der Waals surface area contributed by atoms with Gasteiger partial charge in [0.1, 0.15) is 0 Å². The van der Waals surface area contributed by atoms with E-state index < -0.39 is 0 Å². The first-order chi connectivity index (χ1) is 8.39. The van der Waals surface area contributed by atoms with Crippen molar-refractivity contribution in [2.75, 3.05) is 0 Å². The highest BCUT2D eigenvalue weighted by atomic mass is 28.1. The van der Waals surface area contributed by atoms with Gasteiger partial charge in [-0.05, 0) is 36.1 Å². The van der Waals surface area contributed by atoms with Gasteiger partial charge in [0.15, 0.2) is 0 Å². The quantitative estimate of drug-likeness (QED) is 0.810. The number of allylic oxidation sites excluding steroid dienone is 4. The van der Waals surface area contributed by atoms with Crippen LogP contribution in [0.1, 0.15) is 38.8 Å². The Morgan fingerprint density at radius 3 is 2.06 bits per heavy atom. The molecule has 0 unspecified atom stereocenters. The predicted molar refractivity (Wildman–Crippen MR) is 83.3 cm³/mol. The maximum absolute atomic E-state index is 5.66. The Kier molecular flexibility index (Phi) is 3.34. The molecule has 0 fully saturated rings. The molecule has 0 aliphatic heterocycles. The Morgan fingerprint density at radius 2 is 1.67 bits per heavy atom. The molecule has 0 heterocycles. The molecule has 96 valence electrons. The second-order valence-electron chi connectivity index (χ2n) is 5.78. The molecule has 1 nitrogen and oxygen atoms in total. The fourth-order valence-corrected chi connectivity index (χ4v) is 3.85. The topological polar surface area (TPSA) is 26.0 Å². The zero-order valence-corrected chi connectivity index (χ0v) is 14.1. The van der Waals surface area contributed by atoms with E-state index in [4.69, 9.17) is 5.73 Å². The van der Waals surface area contributed by atoms with E-state index in [0.29, 0.717) is 6.54 Å². The smallest absolute Gasteiger partial charge is 0.0388 e. The van der Waals surface area contributed by atoms with Crippen molar-refractivity contribution >= 4 is 15.8 Å². The lowest BCUT2D eigenvalue weighted by atomic mass is 9.78. The maximum atomic E-state index is 5.66. The van der Waals surface area contributed by atoms with E-state index in [1.807, 2.05) is 0 Å². The maximum Gasteiger partial charge on any atom is 0.0388 e. The standard InChI is InChI=1S/C16H23NSi/c1-10-14(16(3,4)11(2)15(10)18)13-7-5-12(9-17)6-8-13/h5-8H,9,17H2,1-4,18H3. The van der Waals surface area contributed by atoms with Crippen molar-refractivity contribution in [1.29, 1.82) is 0 Å². The summed E-state index contributed by atoms with van der Waals surface area (Å²) in [6.45, 7) is 9.84. The number of hydrogen-bond acceptors (Lipinski definition) is 1. The molecule has 0 amide bonds. The van der Waals surface area contributed by atoms with Gasteiger partial charge < -0.3 is 5.73 Å². The lowest BCUT2D eigenvalue weighted by Gasteiger charge is -2.26. The van der Waals surface area contributed by atoms with Crippen LogP contribution in [-0.2, 0) is 6.54 Å². The summed E-state index contributed by atoms with van der Waals surface area (Å²) in [5, 5.41) is 1.58. The normalized spacial score (nSPS) is 18.9. The molecule has 1 aromatic carbocycles. The SMILES string of the molecule is CC1=C(c2ccc(CN)cc2)C(C)(C)C(C)=C1[SiH3]. The number of benzene rings is 1. The van der Waals surface area contributed by atoms with Crippen LogP contribution in [0.15, 0.2) is 40.6 Å². The van der Waals surface area contributed by atoms with Crippen molar-refractivity contribution in [3.8, 4) is 0 Å². The monoisotopic (exact) mass is 257 g/mol. The van der Waals surface area contributed by atoms with Crippen LogP contribution in [0.2, 0.25) is 0 Å². The van der Waals surface area contributed by atoms with Crippen LogP contribution in [0.5, 0.6) is 0 Å². The highest BCUT2D eigenvalue weighted by Crippen LogP contribution is 2.50. The molecule has 0 saturated carbocycles. The molecule has 18 heavy (non-hydrogen) atoms. The van der Waals surface area contributed by atoms with Gasteiger partial charge in [-0.1, -0.05) is 48.9 Å². The molecule has 2 rings (SSSR count). The van der Waals surface area contributed by atoms with Crippen molar-refractivity contribution in [3.05, 3.63) is 51.7 Å². The third-order valence-electron chi connectivity index (χ3n) is 4.54. The van der Waals surface area contributed by atoms with E-state index in [2.05, 4.69) is 52.0 Å². The van der Waals surface area contributed by atoms with Gasteiger partial charge in [0.2, 0.25) is 0 Å². The van der Waals surface area contributed by atoms with Gasteiger partial charge in [0.25, 0.3) is 0 Å². The fourth-order valence-electron chi connectivity index (χ4n) is 2.98. The minimum Gasteiger partial charge on any atom is -0.326 e. The van der Waals surface area contributed by atoms with Crippen LogP contribution in [-0.4, -0.2) is 10.2 Å². The van der Waals surface area contributed by atoms with Crippen LogP contribution in [0.4, 0.5) is 0 Å². The van der Waals surface area contributed by atoms with Crippen molar-refractivity contribution in [2.45, 2.75) is 34.2 Å². The zero-order chi connectivity index (χ0) is 13.5. The Labute approximate surface area is 113 Å². The Morgan fingerprint density at radius 1 is 1.11 bits per heavy atom. The third kappa shape index (κ3) is 1.90. The molecule has 1 aromatic rings. The van der Waals surface area contributed by atoms with E-state index in [-0.39, 0.29) is 5.41 Å². The van der Waals surface area contributed by atoms with E-state index in [1.165, 1.54) is 22.3 Å².